The van der Waals surface area contributed by atoms with Crippen molar-refractivity contribution in [2.75, 3.05) is 19.6 Å². The minimum absolute atomic E-state index is 0.0698. The quantitative estimate of drug-likeness (QED) is 0.525. The van der Waals surface area contributed by atoms with Crippen molar-refractivity contribution in [2.24, 2.45) is 5.92 Å². The summed E-state index contributed by atoms with van der Waals surface area (Å²) in [7, 11) is 0. The highest BCUT2D eigenvalue weighted by atomic mass is 16.1. The molecule has 1 fully saturated rings. The number of hydrogen-bond acceptors (Lipinski definition) is 3. The maximum absolute atomic E-state index is 12.8. The van der Waals surface area contributed by atoms with Gasteiger partial charge in [0, 0.05) is 32.4 Å². The molecular weight excluding hydrogens is 396 g/mol. The second kappa shape index (κ2) is 8.97. The number of imidazole rings is 1. The number of aromatic nitrogens is 2. The first-order valence-corrected chi connectivity index (χ1v) is 11.2. The zero-order valence-corrected chi connectivity index (χ0v) is 18.4. The lowest BCUT2D eigenvalue weighted by molar-refractivity contribution is -0.124. The molecule has 1 N–H and O–H groups in total. The van der Waals surface area contributed by atoms with Gasteiger partial charge in [0.15, 0.2) is 0 Å². The van der Waals surface area contributed by atoms with E-state index in [4.69, 9.17) is 4.98 Å². The van der Waals surface area contributed by atoms with E-state index in [0.29, 0.717) is 6.54 Å². The van der Waals surface area contributed by atoms with Crippen LogP contribution in [0.15, 0.2) is 79.0 Å². The lowest BCUT2D eigenvalue weighted by Crippen LogP contribution is -2.33. The van der Waals surface area contributed by atoms with Crippen LogP contribution in [0.2, 0.25) is 0 Å². The van der Waals surface area contributed by atoms with Gasteiger partial charge in [-0.3, -0.25) is 9.69 Å². The topological polar surface area (TPSA) is 49.6 Å². The molecular formula is C27H28N4O. The molecule has 0 bridgehead atoms. The Morgan fingerprint density at radius 2 is 1.72 bits per heavy atom. The molecule has 0 spiro atoms. The van der Waals surface area contributed by atoms with E-state index >= 15 is 0 Å². The molecule has 32 heavy (non-hydrogen) atoms. The highest BCUT2D eigenvalue weighted by Gasteiger charge is 2.26. The van der Waals surface area contributed by atoms with Gasteiger partial charge in [-0.2, -0.15) is 0 Å². The summed E-state index contributed by atoms with van der Waals surface area (Å²) >= 11 is 0. The van der Waals surface area contributed by atoms with E-state index in [9.17, 15) is 4.79 Å². The van der Waals surface area contributed by atoms with Crippen LogP contribution in [-0.4, -0.2) is 39.8 Å². The van der Waals surface area contributed by atoms with Crippen LogP contribution in [0.1, 0.15) is 17.0 Å². The van der Waals surface area contributed by atoms with Crippen LogP contribution in [0, 0.1) is 12.8 Å². The van der Waals surface area contributed by atoms with E-state index in [0.717, 1.165) is 37.4 Å². The highest BCUT2D eigenvalue weighted by molar-refractivity contribution is 5.79. The van der Waals surface area contributed by atoms with Gasteiger partial charge in [0.1, 0.15) is 5.65 Å². The fourth-order valence-electron chi connectivity index (χ4n) is 4.58. The fraction of sp³-hybridized carbons (Fsp3) is 0.259. The largest absolute Gasteiger partial charge is 0.355 e. The molecule has 2 aromatic carbocycles. The number of aryl methyl sites for hydroxylation is 1. The molecule has 5 nitrogen and oxygen atoms in total. The third-order valence-corrected chi connectivity index (χ3v) is 6.32. The number of benzene rings is 2. The number of fused-ring (bicyclic) bond motifs is 1. The van der Waals surface area contributed by atoms with Crippen molar-refractivity contribution >= 4 is 11.6 Å². The number of nitrogens with one attached hydrogen (secondary N) is 1. The van der Waals surface area contributed by atoms with E-state index in [1.54, 1.807) is 0 Å². The molecule has 162 valence electrons. The average Bonchev–Trinajstić information content (AvgIpc) is 3.03. The lowest BCUT2D eigenvalue weighted by Gasteiger charge is -2.23. The maximum atomic E-state index is 12.8. The standard InChI is InChI=1S/C27H28N4O/c1-20-25(31-15-6-5-9-26(31)29-20)19-30-16-14-28-27(32)24(18-30)17-21-10-12-23(13-11-21)22-7-3-2-4-8-22/h2-13,15,24H,14,16-19H2,1H3,(H,28,32). The normalized spacial score (nSPS) is 17.3. The van der Waals surface area contributed by atoms with Gasteiger partial charge in [0.2, 0.25) is 5.91 Å². The van der Waals surface area contributed by atoms with E-state index in [-0.39, 0.29) is 11.8 Å². The number of amides is 1. The Hall–Kier alpha value is -3.44. The smallest absolute Gasteiger partial charge is 0.224 e. The van der Waals surface area contributed by atoms with Gasteiger partial charge < -0.3 is 9.72 Å². The fourth-order valence-corrected chi connectivity index (χ4v) is 4.58. The zero-order chi connectivity index (χ0) is 21.9. The molecule has 5 heteroatoms. The first kappa shape index (κ1) is 20.5. The van der Waals surface area contributed by atoms with Crippen LogP contribution < -0.4 is 5.32 Å². The first-order valence-electron chi connectivity index (χ1n) is 11.2. The van der Waals surface area contributed by atoms with Crippen molar-refractivity contribution in [1.82, 2.24) is 19.6 Å². The van der Waals surface area contributed by atoms with Crippen LogP contribution in [0.5, 0.6) is 0 Å². The summed E-state index contributed by atoms with van der Waals surface area (Å²) in [4.78, 5) is 19.8. The minimum Gasteiger partial charge on any atom is -0.355 e. The number of hydrogen-bond donors (Lipinski definition) is 1. The van der Waals surface area contributed by atoms with Crippen molar-refractivity contribution in [3.63, 3.8) is 0 Å². The van der Waals surface area contributed by atoms with Crippen LogP contribution in [0.25, 0.3) is 16.8 Å². The molecule has 1 aliphatic heterocycles. The highest BCUT2D eigenvalue weighted by Crippen LogP contribution is 2.22. The van der Waals surface area contributed by atoms with Gasteiger partial charge in [0.05, 0.1) is 17.3 Å². The molecule has 1 unspecified atom stereocenters. The van der Waals surface area contributed by atoms with E-state index in [1.165, 1.54) is 22.4 Å². The number of pyridine rings is 1. The van der Waals surface area contributed by atoms with Gasteiger partial charge in [-0.05, 0) is 42.2 Å². The summed E-state index contributed by atoms with van der Waals surface area (Å²) in [5.41, 5.74) is 6.82. The predicted molar refractivity (Wildman–Crippen MR) is 127 cm³/mol. The summed E-state index contributed by atoms with van der Waals surface area (Å²) < 4.78 is 2.16. The SMILES string of the molecule is Cc1nc2ccccn2c1CN1CCNC(=O)C(Cc2ccc(-c3ccccc3)cc2)C1. The van der Waals surface area contributed by atoms with Crippen LogP contribution in [0.3, 0.4) is 0 Å². The minimum atomic E-state index is -0.0698. The number of nitrogens with zero attached hydrogens (tertiary/aromatic N) is 3. The Bertz CT molecular complexity index is 1210. The number of carbonyl (C=O) groups excluding carboxylic acids is 1. The monoisotopic (exact) mass is 424 g/mol. The lowest BCUT2D eigenvalue weighted by atomic mass is 9.96. The van der Waals surface area contributed by atoms with Gasteiger partial charge >= 0.3 is 0 Å². The molecule has 5 rings (SSSR count). The summed E-state index contributed by atoms with van der Waals surface area (Å²) in [6.07, 6.45) is 2.81. The van der Waals surface area contributed by atoms with Crippen molar-refractivity contribution in [3.8, 4) is 11.1 Å². The van der Waals surface area contributed by atoms with Crippen molar-refractivity contribution in [1.29, 1.82) is 0 Å². The summed E-state index contributed by atoms with van der Waals surface area (Å²) in [6.45, 7) is 5.11. The predicted octanol–water partition coefficient (Wildman–Crippen LogP) is 4.10. The summed E-state index contributed by atoms with van der Waals surface area (Å²) in [5.74, 6) is 0.0778. The second-order valence-electron chi connectivity index (χ2n) is 8.56. The van der Waals surface area contributed by atoms with E-state index in [1.807, 2.05) is 24.3 Å². The summed E-state index contributed by atoms with van der Waals surface area (Å²) in [5, 5.41) is 3.11. The van der Waals surface area contributed by atoms with Crippen LogP contribution in [-0.2, 0) is 17.8 Å². The van der Waals surface area contributed by atoms with E-state index in [2.05, 4.69) is 76.3 Å². The Morgan fingerprint density at radius 1 is 0.969 bits per heavy atom. The zero-order valence-electron chi connectivity index (χ0n) is 18.4. The Labute approximate surface area is 188 Å². The second-order valence-corrected chi connectivity index (χ2v) is 8.56. The molecule has 3 heterocycles. The van der Waals surface area contributed by atoms with Crippen LogP contribution >= 0.6 is 0 Å². The van der Waals surface area contributed by atoms with Gasteiger partial charge in [0.25, 0.3) is 0 Å². The van der Waals surface area contributed by atoms with E-state index < -0.39 is 0 Å². The van der Waals surface area contributed by atoms with Gasteiger partial charge in [-0.25, -0.2) is 4.98 Å². The Balaban J connectivity index is 1.31. The molecule has 0 aliphatic carbocycles. The third kappa shape index (κ3) is 4.30. The molecule has 2 aromatic heterocycles. The molecule has 1 saturated heterocycles. The van der Waals surface area contributed by atoms with Crippen molar-refractivity contribution < 1.29 is 4.79 Å². The third-order valence-electron chi connectivity index (χ3n) is 6.32. The molecule has 1 aliphatic rings. The molecule has 0 saturated carbocycles. The molecule has 1 amide bonds. The average molecular weight is 425 g/mol. The Kier molecular flexibility index (Phi) is 5.73. The maximum Gasteiger partial charge on any atom is 0.224 e. The molecule has 4 aromatic rings. The Morgan fingerprint density at radius 3 is 2.53 bits per heavy atom. The number of carbonyl (C=O) groups is 1. The van der Waals surface area contributed by atoms with Crippen molar-refractivity contribution in [2.45, 2.75) is 19.9 Å². The molecule has 0 radical (unpaired) electrons. The molecule has 1 atom stereocenters. The summed E-state index contributed by atoms with van der Waals surface area (Å²) in [6, 6.07) is 25.1. The van der Waals surface area contributed by atoms with Crippen LogP contribution in [0.4, 0.5) is 0 Å². The van der Waals surface area contributed by atoms with Crippen molar-refractivity contribution in [3.05, 3.63) is 95.9 Å². The van der Waals surface area contributed by atoms with Gasteiger partial charge in [-0.15, -0.1) is 0 Å². The first-order chi connectivity index (χ1) is 15.7. The van der Waals surface area contributed by atoms with Gasteiger partial charge in [-0.1, -0.05) is 60.7 Å². The number of rotatable bonds is 5.